The van der Waals surface area contributed by atoms with Gasteiger partial charge in [-0.15, -0.1) is 0 Å². The van der Waals surface area contributed by atoms with E-state index < -0.39 is 0 Å². The Morgan fingerprint density at radius 1 is 1.42 bits per heavy atom. The highest BCUT2D eigenvalue weighted by Gasteiger charge is 2.00. The number of nitrogens with zero attached hydrogens (tertiary/aromatic N) is 1. The number of H-pyrrole nitrogens is 1. The third-order valence-corrected chi connectivity index (χ3v) is 2.00. The van der Waals surface area contributed by atoms with E-state index in [2.05, 4.69) is 34.3 Å². The smallest absolute Gasteiger partial charge is 0.0932 e. The molecule has 2 rings (SSSR count). The lowest BCUT2D eigenvalue weighted by molar-refractivity contribution is 1.34. The molecular weight excluding hydrogens is 150 g/mol. The van der Waals surface area contributed by atoms with Gasteiger partial charge in [0, 0.05) is 12.7 Å². The van der Waals surface area contributed by atoms with Crippen molar-refractivity contribution >= 4 is 16.7 Å². The number of anilines is 1. The number of hydrogen-bond donors (Lipinski definition) is 2. The predicted octanol–water partition coefficient (Wildman–Crippen LogP) is 1.91. The van der Waals surface area contributed by atoms with E-state index >= 15 is 0 Å². The molecule has 0 spiro atoms. The van der Waals surface area contributed by atoms with Crippen LogP contribution in [0.15, 0.2) is 18.5 Å². The summed E-state index contributed by atoms with van der Waals surface area (Å²) in [5.41, 5.74) is 4.44. The maximum absolute atomic E-state index is 4.21. The third kappa shape index (κ3) is 0.942. The lowest BCUT2D eigenvalue weighted by Gasteiger charge is -2.01. The van der Waals surface area contributed by atoms with Crippen LogP contribution in [-0.4, -0.2) is 17.0 Å². The van der Waals surface area contributed by atoms with Crippen molar-refractivity contribution in [3.63, 3.8) is 0 Å². The molecule has 0 bridgehead atoms. The molecule has 0 atom stereocenters. The largest absolute Gasteiger partial charge is 0.388 e. The Bertz CT molecular complexity index is 403. The van der Waals surface area contributed by atoms with Crippen molar-refractivity contribution in [3.8, 4) is 0 Å². The molecule has 12 heavy (non-hydrogen) atoms. The van der Waals surface area contributed by atoms with E-state index in [4.69, 9.17) is 0 Å². The van der Waals surface area contributed by atoms with E-state index in [9.17, 15) is 0 Å². The van der Waals surface area contributed by atoms with Crippen molar-refractivity contribution in [2.45, 2.75) is 6.92 Å². The first kappa shape index (κ1) is 7.16. The number of rotatable bonds is 1. The molecule has 0 aliphatic carbocycles. The second kappa shape index (κ2) is 2.52. The zero-order valence-corrected chi connectivity index (χ0v) is 7.18. The van der Waals surface area contributed by atoms with Gasteiger partial charge >= 0.3 is 0 Å². The van der Waals surface area contributed by atoms with Gasteiger partial charge in [0.25, 0.3) is 0 Å². The Labute approximate surface area is 70.8 Å². The molecule has 1 aromatic heterocycles. The molecule has 2 aromatic rings. The van der Waals surface area contributed by atoms with E-state index in [-0.39, 0.29) is 0 Å². The molecule has 0 fully saturated rings. The summed E-state index contributed by atoms with van der Waals surface area (Å²) in [5, 5.41) is 3.10. The minimum Gasteiger partial charge on any atom is -0.388 e. The van der Waals surface area contributed by atoms with Crippen molar-refractivity contribution in [2.75, 3.05) is 12.4 Å². The number of benzene rings is 1. The number of aromatic nitrogens is 2. The fourth-order valence-electron chi connectivity index (χ4n) is 1.37. The summed E-state index contributed by atoms with van der Waals surface area (Å²) in [5.74, 6) is 0. The number of imidazole rings is 1. The van der Waals surface area contributed by atoms with Crippen molar-refractivity contribution in [1.29, 1.82) is 0 Å². The summed E-state index contributed by atoms with van der Waals surface area (Å²) < 4.78 is 0. The van der Waals surface area contributed by atoms with Crippen LogP contribution in [0.2, 0.25) is 0 Å². The first-order valence-corrected chi connectivity index (χ1v) is 3.93. The summed E-state index contributed by atoms with van der Waals surface area (Å²) in [4.78, 5) is 7.29. The van der Waals surface area contributed by atoms with Crippen LogP contribution in [0.4, 0.5) is 5.69 Å². The minimum absolute atomic E-state index is 1.05. The zero-order valence-electron chi connectivity index (χ0n) is 7.18. The number of fused-ring (bicyclic) bond motifs is 1. The van der Waals surface area contributed by atoms with Crippen LogP contribution >= 0.6 is 0 Å². The fourth-order valence-corrected chi connectivity index (χ4v) is 1.37. The van der Waals surface area contributed by atoms with Crippen molar-refractivity contribution < 1.29 is 0 Å². The average Bonchev–Trinajstić information content (AvgIpc) is 2.52. The SMILES string of the molecule is CNc1cc(C)c2nc[nH]c2c1. The lowest BCUT2D eigenvalue weighted by Crippen LogP contribution is -1.88. The highest BCUT2D eigenvalue weighted by atomic mass is 14.9. The monoisotopic (exact) mass is 161 g/mol. The third-order valence-electron chi connectivity index (χ3n) is 2.00. The normalized spacial score (nSPS) is 10.5. The maximum atomic E-state index is 4.21. The summed E-state index contributed by atoms with van der Waals surface area (Å²) in [7, 11) is 1.91. The van der Waals surface area contributed by atoms with Gasteiger partial charge in [-0.3, -0.25) is 0 Å². The van der Waals surface area contributed by atoms with Gasteiger partial charge < -0.3 is 10.3 Å². The Morgan fingerprint density at radius 2 is 2.25 bits per heavy atom. The standard InChI is InChI=1S/C9H11N3/c1-6-3-7(10-2)4-8-9(6)12-5-11-8/h3-5,10H,1-2H3,(H,11,12). The van der Waals surface area contributed by atoms with Gasteiger partial charge in [0.2, 0.25) is 0 Å². The van der Waals surface area contributed by atoms with Gasteiger partial charge in [-0.05, 0) is 24.6 Å². The van der Waals surface area contributed by atoms with Gasteiger partial charge in [0.15, 0.2) is 0 Å². The second-order valence-electron chi connectivity index (χ2n) is 2.84. The number of aryl methyl sites for hydroxylation is 1. The number of nitrogens with one attached hydrogen (secondary N) is 2. The molecule has 0 aliphatic rings. The summed E-state index contributed by atoms with van der Waals surface area (Å²) in [6.45, 7) is 2.06. The molecule has 3 nitrogen and oxygen atoms in total. The topological polar surface area (TPSA) is 40.7 Å². The van der Waals surface area contributed by atoms with Crippen LogP contribution in [0.3, 0.4) is 0 Å². The minimum atomic E-state index is 1.05. The van der Waals surface area contributed by atoms with Gasteiger partial charge in [-0.1, -0.05) is 0 Å². The highest BCUT2D eigenvalue weighted by Crippen LogP contribution is 2.19. The van der Waals surface area contributed by atoms with E-state index in [0.29, 0.717) is 0 Å². The van der Waals surface area contributed by atoms with Gasteiger partial charge in [0.1, 0.15) is 0 Å². The summed E-state index contributed by atoms with van der Waals surface area (Å²) in [6, 6.07) is 4.14. The number of hydrogen-bond acceptors (Lipinski definition) is 2. The predicted molar refractivity (Wildman–Crippen MR) is 50.4 cm³/mol. The Morgan fingerprint density at radius 3 is 3.00 bits per heavy atom. The van der Waals surface area contributed by atoms with Crippen molar-refractivity contribution in [3.05, 3.63) is 24.0 Å². The van der Waals surface area contributed by atoms with Crippen LogP contribution in [0.1, 0.15) is 5.56 Å². The van der Waals surface area contributed by atoms with Crippen LogP contribution in [0.25, 0.3) is 11.0 Å². The molecule has 0 aliphatic heterocycles. The molecule has 0 unspecified atom stereocenters. The first-order chi connectivity index (χ1) is 5.81. The van der Waals surface area contributed by atoms with E-state index in [1.54, 1.807) is 6.33 Å². The molecular formula is C9H11N3. The Hall–Kier alpha value is -1.51. The Kier molecular flexibility index (Phi) is 1.50. The average molecular weight is 161 g/mol. The summed E-state index contributed by atoms with van der Waals surface area (Å²) in [6.07, 6.45) is 1.72. The molecule has 0 amide bonds. The molecule has 0 saturated carbocycles. The zero-order chi connectivity index (χ0) is 8.55. The van der Waals surface area contributed by atoms with Crippen LogP contribution in [-0.2, 0) is 0 Å². The van der Waals surface area contributed by atoms with Gasteiger partial charge in [-0.25, -0.2) is 4.98 Å². The molecule has 3 heteroatoms. The molecule has 62 valence electrons. The van der Waals surface area contributed by atoms with Gasteiger partial charge in [0.05, 0.1) is 17.4 Å². The van der Waals surface area contributed by atoms with Crippen molar-refractivity contribution in [2.24, 2.45) is 0 Å². The lowest BCUT2D eigenvalue weighted by atomic mass is 10.2. The van der Waals surface area contributed by atoms with E-state index in [0.717, 1.165) is 16.7 Å². The Balaban J connectivity index is 2.75. The van der Waals surface area contributed by atoms with Crippen LogP contribution in [0.5, 0.6) is 0 Å². The van der Waals surface area contributed by atoms with Crippen LogP contribution in [0, 0.1) is 6.92 Å². The highest BCUT2D eigenvalue weighted by molar-refractivity contribution is 5.82. The van der Waals surface area contributed by atoms with E-state index in [1.807, 2.05) is 7.05 Å². The van der Waals surface area contributed by atoms with Gasteiger partial charge in [-0.2, -0.15) is 0 Å². The second-order valence-corrected chi connectivity index (χ2v) is 2.84. The first-order valence-electron chi connectivity index (χ1n) is 3.93. The molecule has 2 N–H and O–H groups in total. The molecule has 0 saturated heterocycles. The summed E-state index contributed by atoms with van der Waals surface area (Å²) >= 11 is 0. The van der Waals surface area contributed by atoms with Crippen LogP contribution < -0.4 is 5.32 Å². The van der Waals surface area contributed by atoms with Crippen molar-refractivity contribution in [1.82, 2.24) is 9.97 Å². The molecule has 0 radical (unpaired) electrons. The molecule has 1 heterocycles. The molecule has 1 aromatic carbocycles. The fraction of sp³-hybridized carbons (Fsp3) is 0.222. The number of aromatic amines is 1. The maximum Gasteiger partial charge on any atom is 0.0932 e. The quantitative estimate of drug-likeness (QED) is 0.670. The van der Waals surface area contributed by atoms with E-state index in [1.165, 1.54) is 5.56 Å².